The second-order valence-electron chi connectivity index (χ2n) is 8.55. The Bertz CT molecular complexity index is 527. The summed E-state index contributed by atoms with van der Waals surface area (Å²) < 4.78 is 26.2. The van der Waals surface area contributed by atoms with Gasteiger partial charge in [-0.25, -0.2) is 0 Å². The third-order valence-corrected chi connectivity index (χ3v) is 12.6. The van der Waals surface area contributed by atoms with Crippen molar-refractivity contribution < 1.29 is 17.7 Å². The van der Waals surface area contributed by atoms with E-state index in [0.717, 1.165) is 18.1 Å². The van der Waals surface area contributed by atoms with Crippen LogP contribution in [-0.2, 0) is 17.7 Å². The molecule has 0 aliphatic carbocycles. The van der Waals surface area contributed by atoms with Crippen molar-refractivity contribution in [3.63, 3.8) is 0 Å². The highest BCUT2D eigenvalue weighted by Crippen LogP contribution is 2.30. The van der Waals surface area contributed by atoms with Gasteiger partial charge in [0.05, 0.1) is 0 Å². The van der Waals surface area contributed by atoms with Crippen LogP contribution >= 0.6 is 0 Å². The van der Waals surface area contributed by atoms with E-state index in [1.807, 2.05) is 6.07 Å². The lowest BCUT2D eigenvalue weighted by Crippen LogP contribution is -2.58. The van der Waals surface area contributed by atoms with Crippen molar-refractivity contribution in [1.29, 1.82) is 0 Å². The van der Waals surface area contributed by atoms with E-state index < -0.39 is 17.1 Å². The van der Waals surface area contributed by atoms with E-state index in [9.17, 15) is 0 Å². The lowest BCUT2D eigenvalue weighted by molar-refractivity contribution is 0.0992. The minimum Gasteiger partial charge on any atom is -0.392 e. The summed E-state index contributed by atoms with van der Waals surface area (Å²) in [6.45, 7) is 18.9. The summed E-state index contributed by atoms with van der Waals surface area (Å²) >= 11 is 0. The molecule has 0 bridgehead atoms. The summed E-state index contributed by atoms with van der Waals surface area (Å²) in [5.74, 6) is 0. The molecule has 0 heterocycles. The average molecular weight is 427 g/mol. The first-order chi connectivity index (χ1) is 13.0. The van der Waals surface area contributed by atoms with Gasteiger partial charge in [-0.2, -0.15) is 0 Å². The Kier molecular flexibility index (Phi) is 10.6. The normalized spacial score (nSPS) is 13.3. The van der Waals surface area contributed by atoms with Gasteiger partial charge >= 0.3 is 17.1 Å². The molecule has 0 radical (unpaired) electrons. The predicted molar refractivity (Wildman–Crippen MR) is 123 cm³/mol. The van der Waals surface area contributed by atoms with Crippen LogP contribution in [0, 0.1) is 0 Å². The molecule has 0 spiro atoms. The fourth-order valence-corrected chi connectivity index (χ4v) is 12.2. The summed E-state index contributed by atoms with van der Waals surface area (Å²) in [5.41, 5.74) is 0. The van der Waals surface area contributed by atoms with Gasteiger partial charge in [0.1, 0.15) is 0 Å². The lowest BCUT2D eigenvalue weighted by Gasteiger charge is -2.39. The van der Waals surface area contributed by atoms with E-state index in [4.69, 9.17) is 17.7 Å². The largest absolute Gasteiger partial charge is 0.392 e. The molecule has 0 saturated carbocycles. The lowest BCUT2D eigenvalue weighted by atomic mass is 10.4. The van der Waals surface area contributed by atoms with Crippen LogP contribution in [0.25, 0.3) is 0 Å². The van der Waals surface area contributed by atoms with Crippen molar-refractivity contribution >= 4 is 22.3 Å². The van der Waals surface area contributed by atoms with Gasteiger partial charge < -0.3 is 17.7 Å². The highest BCUT2D eigenvalue weighted by molar-refractivity contribution is 6.82. The molecular formula is C22H42O4Si2. The number of rotatable bonds is 13. The molecule has 0 aliphatic rings. The molecule has 0 fully saturated rings. The zero-order valence-electron chi connectivity index (χ0n) is 19.5. The van der Waals surface area contributed by atoms with Gasteiger partial charge in [0.2, 0.25) is 0 Å². The van der Waals surface area contributed by atoms with Gasteiger partial charge in [0.25, 0.3) is 0 Å². The number of benzene rings is 1. The van der Waals surface area contributed by atoms with Gasteiger partial charge in [-0.05, 0) is 78.7 Å². The van der Waals surface area contributed by atoms with Crippen LogP contribution in [0.1, 0.15) is 62.3 Å². The third kappa shape index (κ3) is 8.09. The number of hydrogen-bond acceptors (Lipinski definition) is 4. The van der Waals surface area contributed by atoms with Gasteiger partial charge in [-0.15, -0.1) is 0 Å². The SMILES string of the molecule is CC[Si](CC[Si](OC(C)C)(OC(C)C)c1ccccc1)(OC(C)C)OC(C)C. The molecular weight excluding hydrogens is 384 g/mol. The second-order valence-corrected chi connectivity index (χ2v) is 15.1. The third-order valence-electron chi connectivity index (χ3n) is 4.34. The van der Waals surface area contributed by atoms with Gasteiger partial charge in [-0.3, -0.25) is 0 Å². The minimum absolute atomic E-state index is 0.0975. The van der Waals surface area contributed by atoms with E-state index >= 15 is 0 Å². The smallest absolute Gasteiger partial charge is 0.372 e. The zero-order chi connectivity index (χ0) is 21.4. The van der Waals surface area contributed by atoms with Crippen LogP contribution in [0.3, 0.4) is 0 Å². The second kappa shape index (κ2) is 11.6. The van der Waals surface area contributed by atoms with Crippen molar-refractivity contribution in [3.05, 3.63) is 30.3 Å². The molecule has 6 heteroatoms. The number of hydrogen-bond donors (Lipinski definition) is 0. The van der Waals surface area contributed by atoms with E-state index in [0.29, 0.717) is 0 Å². The topological polar surface area (TPSA) is 36.9 Å². The van der Waals surface area contributed by atoms with E-state index in [1.54, 1.807) is 0 Å². The molecule has 1 rings (SSSR count). The first-order valence-corrected chi connectivity index (χ1v) is 15.1. The molecule has 0 atom stereocenters. The first-order valence-electron chi connectivity index (χ1n) is 10.8. The Morgan fingerprint density at radius 3 is 1.43 bits per heavy atom. The van der Waals surface area contributed by atoms with Crippen molar-refractivity contribution in [2.75, 3.05) is 0 Å². The zero-order valence-corrected chi connectivity index (χ0v) is 21.5. The Hall–Kier alpha value is -0.506. The first kappa shape index (κ1) is 25.5. The highest BCUT2D eigenvalue weighted by Gasteiger charge is 2.47. The Morgan fingerprint density at radius 1 is 0.643 bits per heavy atom. The molecule has 0 unspecified atom stereocenters. The molecule has 1 aromatic rings. The van der Waals surface area contributed by atoms with Crippen molar-refractivity contribution in [1.82, 2.24) is 0 Å². The van der Waals surface area contributed by atoms with Gasteiger partial charge in [0.15, 0.2) is 0 Å². The summed E-state index contributed by atoms with van der Waals surface area (Å²) in [4.78, 5) is 0. The van der Waals surface area contributed by atoms with Crippen molar-refractivity contribution in [2.24, 2.45) is 0 Å². The van der Waals surface area contributed by atoms with Crippen LogP contribution in [0.4, 0.5) is 0 Å². The average Bonchev–Trinajstić information content (AvgIpc) is 2.58. The summed E-state index contributed by atoms with van der Waals surface area (Å²) in [6, 6.07) is 13.1. The Labute approximate surface area is 175 Å². The van der Waals surface area contributed by atoms with E-state index in [-0.39, 0.29) is 24.4 Å². The maximum Gasteiger partial charge on any atom is 0.372 e. The van der Waals surface area contributed by atoms with Crippen LogP contribution in [0.2, 0.25) is 18.1 Å². The van der Waals surface area contributed by atoms with Crippen molar-refractivity contribution in [2.45, 2.75) is 105 Å². The van der Waals surface area contributed by atoms with Crippen molar-refractivity contribution in [3.8, 4) is 0 Å². The molecule has 0 saturated heterocycles. The summed E-state index contributed by atoms with van der Waals surface area (Å²) in [6.07, 6.45) is 0.492. The van der Waals surface area contributed by atoms with Gasteiger partial charge in [0, 0.05) is 24.4 Å². The summed E-state index contributed by atoms with van der Waals surface area (Å²) in [7, 11) is -5.02. The quantitative estimate of drug-likeness (QED) is 0.390. The van der Waals surface area contributed by atoms with Crippen LogP contribution < -0.4 is 5.19 Å². The van der Waals surface area contributed by atoms with E-state index in [2.05, 4.69) is 86.6 Å². The fraction of sp³-hybridized carbons (Fsp3) is 0.727. The molecule has 1 aromatic carbocycles. The molecule has 162 valence electrons. The molecule has 0 aliphatic heterocycles. The maximum absolute atomic E-state index is 6.61. The summed E-state index contributed by atoms with van der Waals surface area (Å²) in [5, 5.41) is 1.19. The standard InChI is InChI=1S/C22H42O4Si2/c1-10-27(23-18(2)3,24-19(4)5)16-17-28(25-20(6)7,26-21(8)9)22-14-12-11-13-15-22/h11-15,18-21H,10,16-17H2,1-9H3. The monoisotopic (exact) mass is 426 g/mol. The Morgan fingerprint density at radius 2 is 1.07 bits per heavy atom. The highest BCUT2D eigenvalue weighted by atomic mass is 28.4. The van der Waals surface area contributed by atoms with Crippen LogP contribution in [-0.4, -0.2) is 41.5 Å². The molecule has 0 N–H and O–H groups in total. The Balaban J connectivity index is 3.28. The maximum atomic E-state index is 6.61. The van der Waals surface area contributed by atoms with E-state index in [1.165, 1.54) is 5.19 Å². The van der Waals surface area contributed by atoms with Crippen LogP contribution in [0.5, 0.6) is 0 Å². The molecule has 0 amide bonds. The van der Waals surface area contributed by atoms with Crippen LogP contribution in [0.15, 0.2) is 30.3 Å². The predicted octanol–water partition coefficient (Wildman–Crippen LogP) is 5.50. The minimum atomic E-state index is -2.65. The molecule has 0 aromatic heterocycles. The molecule has 4 nitrogen and oxygen atoms in total. The van der Waals surface area contributed by atoms with Gasteiger partial charge in [-0.1, -0.05) is 37.3 Å². The molecule has 28 heavy (non-hydrogen) atoms. The fourth-order valence-electron chi connectivity index (χ4n) is 3.58.